The summed E-state index contributed by atoms with van der Waals surface area (Å²) in [5.74, 6) is -0.241. The first-order valence-corrected chi connectivity index (χ1v) is 8.91. The minimum Gasteiger partial charge on any atom is -0.465 e. The monoisotopic (exact) mass is 308 g/mol. The Balaban J connectivity index is 1.81. The second-order valence-electron chi connectivity index (χ2n) is 6.05. The van der Waals surface area contributed by atoms with Gasteiger partial charge in [-0.25, -0.2) is 4.98 Å². The van der Waals surface area contributed by atoms with Crippen LogP contribution in [-0.2, 0) is 16.0 Å². The number of rotatable bonds is 4. The van der Waals surface area contributed by atoms with Crippen LogP contribution < -0.4 is 4.90 Å². The van der Waals surface area contributed by atoms with E-state index in [0.717, 1.165) is 30.1 Å². The van der Waals surface area contributed by atoms with Gasteiger partial charge in [-0.2, -0.15) is 0 Å². The molecule has 1 aromatic rings. The number of fused-ring (bicyclic) bond motifs is 1. The maximum atomic E-state index is 12.1. The van der Waals surface area contributed by atoms with E-state index in [1.54, 1.807) is 11.3 Å². The zero-order chi connectivity index (χ0) is 14.8. The van der Waals surface area contributed by atoms with Crippen LogP contribution in [0.3, 0.4) is 0 Å². The lowest BCUT2D eigenvalue weighted by Crippen LogP contribution is -2.28. The van der Waals surface area contributed by atoms with Crippen LogP contribution in [0.5, 0.6) is 0 Å². The van der Waals surface area contributed by atoms with Gasteiger partial charge < -0.3 is 9.64 Å². The Hall–Kier alpha value is -1.10. The summed E-state index contributed by atoms with van der Waals surface area (Å²) in [4.78, 5) is 20.6. The molecule has 2 aliphatic carbocycles. The average molecular weight is 308 g/mol. The Morgan fingerprint density at radius 3 is 2.81 bits per heavy atom. The molecule has 1 saturated carbocycles. The first kappa shape index (κ1) is 14.8. The molecular weight excluding hydrogens is 284 g/mol. The Kier molecular flexibility index (Phi) is 4.48. The van der Waals surface area contributed by atoms with Crippen molar-refractivity contribution in [3.63, 3.8) is 0 Å². The molecule has 0 aromatic carbocycles. The van der Waals surface area contributed by atoms with Crippen molar-refractivity contribution in [1.29, 1.82) is 0 Å². The molecule has 116 valence electrons. The molecule has 1 unspecified atom stereocenters. The van der Waals surface area contributed by atoms with E-state index in [1.807, 2.05) is 6.92 Å². The van der Waals surface area contributed by atoms with Crippen LogP contribution in [0, 0.1) is 0 Å². The fourth-order valence-corrected chi connectivity index (χ4v) is 4.67. The fraction of sp³-hybridized carbons (Fsp3) is 0.750. The number of thiazole rings is 1. The number of hydrogen-bond acceptors (Lipinski definition) is 5. The van der Waals surface area contributed by atoms with Gasteiger partial charge in [-0.15, -0.1) is 11.3 Å². The summed E-state index contributed by atoms with van der Waals surface area (Å²) in [5.41, 5.74) is 0.990. The van der Waals surface area contributed by atoms with Crippen LogP contribution in [0.25, 0.3) is 0 Å². The zero-order valence-electron chi connectivity index (χ0n) is 12.9. The van der Waals surface area contributed by atoms with Gasteiger partial charge in [0.05, 0.1) is 12.3 Å². The standard InChI is InChI=1S/C16H24N2O2S/c1-3-20-15(19)12-9-6-10-13-14(12)17-16(21-13)18(2)11-7-4-5-8-11/h11-12H,3-10H2,1-2H3. The van der Waals surface area contributed by atoms with E-state index in [0.29, 0.717) is 12.6 Å². The van der Waals surface area contributed by atoms with Gasteiger partial charge in [0.25, 0.3) is 0 Å². The maximum Gasteiger partial charge on any atom is 0.315 e. The predicted octanol–water partition coefficient (Wildman–Crippen LogP) is 3.50. The van der Waals surface area contributed by atoms with Crippen LogP contribution in [0.15, 0.2) is 0 Å². The third kappa shape index (κ3) is 2.93. The third-order valence-electron chi connectivity index (χ3n) is 4.69. The van der Waals surface area contributed by atoms with E-state index < -0.39 is 0 Å². The van der Waals surface area contributed by atoms with Crippen molar-refractivity contribution in [3.8, 4) is 0 Å². The van der Waals surface area contributed by atoms with E-state index in [4.69, 9.17) is 9.72 Å². The zero-order valence-corrected chi connectivity index (χ0v) is 13.7. The molecule has 4 nitrogen and oxygen atoms in total. The average Bonchev–Trinajstić information content (AvgIpc) is 3.15. The summed E-state index contributed by atoms with van der Waals surface area (Å²) >= 11 is 1.78. The number of carbonyl (C=O) groups excluding carboxylic acids is 1. The smallest absolute Gasteiger partial charge is 0.315 e. The lowest BCUT2D eigenvalue weighted by atomic mass is 9.91. The summed E-state index contributed by atoms with van der Waals surface area (Å²) < 4.78 is 5.22. The van der Waals surface area contributed by atoms with Crippen molar-refractivity contribution in [2.24, 2.45) is 0 Å². The van der Waals surface area contributed by atoms with Crippen LogP contribution in [0.2, 0.25) is 0 Å². The van der Waals surface area contributed by atoms with Crippen LogP contribution in [-0.4, -0.2) is 30.6 Å². The van der Waals surface area contributed by atoms with E-state index >= 15 is 0 Å². The SMILES string of the molecule is CCOC(=O)C1CCCc2sc(N(C)C3CCCC3)nc21. The molecule has 1 fully saturated rings. The van der Waals surface area contributed by atoms with Crippen LogP contribution >= 0.6 is 11.3 Å². The summed E-state index contributed by atoms with van der Waals surface area (Å²) in [7, 11) is 2.15. The summed E-state index contributed by atoms with van der Waals surface area (Å²) in [6, 6.07) is 0.624. The van der Waals surface area contributed by atoms with E-state index in [9.17, 15) is 4.79 Å². The summed E-state index contributed by atoms with van der Waals surface area (Å²) in [6.07, 6.45) is 8.18. The second-order valence-corrected chi connectivity index (χ2v) is 7.11. The Morgan fingerprint density at radius 1 is 1.33 bits per heavy atom. The minimum atomic E-state index is -0.143. The predicted molar refractivity (Wildman–Crippen MR) is 85.1 cm³/mol. The van der Waals surface area contributed by atoms with Crippen molar-refractivity contribution in [1.82, 2.24) is 4.98 Å². The first-order valence-electron chi connectivity index (χ1n) is 8.09. The highest BCUT2D eigenvalue weighted by molar-refractivity contribution is 7.15. The van der Waals surface area contributed by atoms with Crippen LogP contribution in [0.1, 0.15) is 61.9 Å². The van der Waals surface area contributed by atoms with Gasteiger partial charge in [-0.3, -0.25) is 4.79 Å². The number of anilines is 1. The highest BCUT2D eigenvalue weighted by Gasteiger charge is 2.32. The number of aryl methyl sites for hydroxylation is 1. The third-order valence-corrected chi connectivity index (χ3v) is 5.91. The normalized spacial score (nSPS) is 22.1. The number of carbonyl (C=O) groups is 1. The maximum absolute atomic E-state index is 12.1. The highest BCUT2D eigenvalue weighted by atomic mass is 32.1. The molecule has 0 bridgehead atoms. The molecule has 0 saturated heterocycles. The molecular formula is C16H24N2O2S. The Morgan fingerprint density at radius 2 is 2.10 bits per heavy atom. The topological polar surface area (TPSA) is 42.4 Å². The molecule has 1 atom stereocenters. The molecule has 21 heavy (non-hydrogen) atoms. The summed E-state index contributed by atoms with van der Waals surface area (Å²) in [6.45, 7) is 2.31. The molecule has 0 spiro atoms. The number of esters is 1. The molecule has 0 aliphatic heterocycles. The van der Waals surface area contributed by atoms with Gasteiger partial charge in [0.15, 0.2) is 5.13 Å². The summed E-state index contributed by atoms with van der Waals surface area (Å²) in [5, 5.41) is 1.09. The van der Waals surface area contributed by atoms with Crippen molar-refractivity contribution < 1.29 is 9.53 Å². The van der Waals surface area contributed by atoms with Gasteiger partial charge >= 0.3 is 5.97 Å². The van der Waals surface area contributed by atoms with Gasteiger partial charge in [0, 0.05) is 18.0 Å². The molecule has 2 aliphatic rings. The minimum absolute atomic E-state index is 0.0983. The van der Waals surface area contributed by atoms with Gasteiger partial charge in [0.1, 0.15) is 5.92 Å². The largest absolute Gasteiger partial charge is 0.465 e. The lowest BCUT2D eigenvalue weighted by Gasteiger charge is -2.23. The number of nitrogens with zero attached hydrogens (tertiary/aromatic N) is 2. The van der Waals surface area contributed by atoms with Gasteiger partial charge in [-0.1, -0.05) is 12.8 Å². The molecule has 1 heterocycles. The van der Waals surface area contributed by atoms with Crippen molar-refractivity contribution in [2.45, 2.75) is 63.8 Å². The molecule has 0 N–H and O–H groups in total. The van der Waals surface area contributed by atoms with E-state index in [1.165, 1.54) is 30.6 Å². The van der Waals surface area contributed by atoms with Crippen molar-refractivity contribution in [3.05, 3.63) is 10.6 Å². The molecule has 3 rings (SSSR count). The highest BCUT2D eigenvalue weighted by Crippen LogP contribution is 2.39. The van der Waals surface area contributed by atoms with Gasteiger partial charge in [0.2, 0.25) is 0 Å². The number of aromatic nitrogens is 1. The second kappa shape index (κ2) is 6.34. The Labute approximate surface area is 130 Å². The number of hydrogen-bond donors (Lipinski definition) is 0. The van der Waals surface area contributed by atoms with Crippen molar-refractivity contribution in [2.75, 3.05) is 18.6 Å². The van der Waals surface area contributed by atoms with Gasteiger partial charge in [-0.05, 0) is 39.0 Å². The molecule has 0 amide bonds. The molecule has 0 radical (unpaired) electrons. The number of ether oxygens (including phenoxy) is 1. The molecule has 5 heteroatoms. The quantitative estimate of drug-likeness (QED) is 0.798. The Bertz CT molecular complexity index is 508. The molecule has 1 aromatic heterocycles. The lowest BCUT2D eigenvalue weighted by molar-refractivity contribution is -0.145. The first-order chi connectivity index (χ1) is 10.2. The fourth-order valence-electron chi connectivity index (χ4n) is 3.48. The van der Waals surface area contributed by atoms with Crippen molar-refractivity contribution >= 4 is 22.4 Å². The van der Waals surface area contributed by atoms with E-state index in [2.05, 4.69) is 11.9 Å². The van der Waals surface area contributed by atoms with Crippen LogP contribution in [0.4, 0.5) is 5.13 Å². The van der Waals surface area contributed by atoms with E-state index in [-0.39, 0.29) is 11.9 Å².